The van der Waals surface area contributed by atoms with Crippen LogP contribution in [0.15, 0.2) is 0 Å². The second-order valence-electron chi connectivity index (χ2n) is 5.22. The van der Waals surface area contributed by atoms with E-state index in [2.05, 4.69) is 25.7 Å². The van der Waals surface area contributed by atoms with E-state index >= 15 is 0 Å². The highest BCUT2D eigenvalue weighted by Gasteiger charge is 2.27. The number of hydrogen-bond donors (Lipinski definition) is 2. The van der Waals surface area contributed by atoms with Crippen LogP contribution in [0.5, 0.6) is 0 Å². The van der Waals surface area contributed by atoms with Gasteiger partial charge in [0.2, 0.25) is 0 Å². The Morgan fingerprint density at radius 1 is 1.23 bits per heavy atom. The first-order chi connectivity index (χ1) is 5.88. The summed E-state index contributed by atoms with van der Waals surface area (Å²) in [5, 5.41) is 18.8. The van der Waals surface area contributed by atoms with E-state index in [1.807, 2.05) is 0 Å². The van der Waals surface area contributed by atoms with Crippen molar-refractivity contribution in [3.05, 3.63) is 0 Å². The number of β-amino-alcohol motifs (C(OH)–C–C–N with tert-alkyl or cyclic N) is 1. The molecule has 13 heavy (non-hydrogen) atoms. The summed E-state index contributed by atoms with van der Waals surface area (Å²) in [6.07, 6.45) is -0.385. The fourth-order valence-electron chi connectivity index (χ4n) is 1.80. The molecular weight excluding hydrogens is 166 g/mol. The fourth-order valence-corrected chi connectivity index (χ4v) is 1.80. The predicted octanol–water partition coefficient (Wildman–Crippen LogP) is 0.460. The highest BCUT2D eigenvalue weighted by molar-refractivity contribution is 4.81. The van der Waals surface area contributed by atoms with Crippen molar-refractivity contribution in [3.63, 3.8) is 0 Å². The smallest absolute Gasteiger partial charge is 0.0926 e. The van der Waals surface area contributed by atoms with Crippen LogP contribution in [0.25, 0.3) is 0 Å². The Hall–Kier alpha value is -0.120. The summed E-state index contributed by atoms with van der Waals surface area (Å²) in [5.41, 5.74) is 0.266. The standard InChI is InChI=1S/C10H21NO2/c1-10(2,3)7-11-5-4-8(12)9(13)6-11/h8-9,12-13H,4-7H2,1-3H3/t8-,9+/m1/s1. The van der Waals surface area contributed by atoms with Gasteiger partial charge in [-0.25, -0.2) is 0 Å². The van der Waals surface area contributed by atoms with Gasteiger partial charge in [0.25, 0.3) is 0 Å². The maximum atomic E-state index is 9.45. The molecule has 1 rings (SSSR count). The van der Waals surface area contributed by atoms with Gasteiger partial charge in [-0.1, -0.05) is 20.8 Å². The number of piperidine rings is 1. The Morgan fingerprint density at radius 2 is 1.85 bits per heavy atom. The van der Waals surface area contributed by atoms with Crippen LogP contribution < -0.4 is 0 Å². The quantitative estimate of drug-likeness (QED) is 0.627. The molecule has 2 atom stereocenters. The van der Waals surface area contributed by atoms with Crippen molar-refractivity contribution in [2.75, 3.05) is 19.6 Å². The van der Waals surface area contributed by atoms with Crippen molar-refractivity contribution in [2.24, 2.45) is 5.41 Å². The Kier molecular flexibility index (Phi) is 3.33. The number of aliphatic hydroxyl groups is 2. The van der Waals surface area contributed by atoms with Crippen LogP contribution in [0.4, 0.5) is 0 Å². The molecule has 1 aliphatic heterocycles. The van der Waals surface area contributed by atoms with Crippen LogP contribution in [0.3, 0.4) is 0 Å². The van der Waals surface area contributed by atoms with E-state index < -0.39 is 12.2 Å². The monoisotopic (exact) mass is 187 g/mol. The summed E-state index contributed by atoms with van der Waals surface area (Å²) < 4.78 is 0. The van der Waals surface area contributed by atoms with Gasteiger partial charge in [-0.15, -0.1) is 0 Å². The van der Waals surface area contributed by atoms with E-state index in [0.717, 1.165) is 13.1 Å². The molecule has 1 fully saturated rings. The average molecular weight is 187 g/mol. The van der Waals surface area contributed by atoms with Crippen LogP contribution >= 0.6 is 0 Å². The van der Waals surface area contributed by atoms with Gasteiger partial charge in [0.05, 0.1) is 12.2 Å². The molecule has 3 heteroatoms. The maximum Gasteiger partial charge on any atom is 0.0926 e. The van der Waals surface area contributed by atoms with Gasteiger partial charge < -0.3 is 15.1 Å². The molecular formula is C10H21NO2. The SMILES string of the molecule is CC(C)(C)CN1CC[C@@H](O)[C@@H](O)C1. The summed E-state index contributed by atoms with van der Waals surface area (Å²) in [7, 11) is 0. The molecule has 2 N–H and O–H groups in total. The van der Waals surface area contributed by atoms with E-state index in [9.17, 15) is 10.2 Å². The molecule has 1 saturated heterocycles. The fraction of sp³-hybridized carbons (Fsp3) is 1.00. The molecule has 1 aliphatic rings. The van der Waals surface area contributed by atoms with E-state index in [0.29, 0.717) is 13.0 Å². The molecule has 0 unspecified atom stereocenters. The molecule has 0 aromatic rings. The zero-order chi connectivity index (χ0) is 10.1. The second kappa shape index (κ2) is 3.95. The lowest BCUT2D eigenvalue weighted by molar-refractivity contribution is -0.0446. The van der Waals surface area contributed by atoms with Crippen molar-refractivity contribution in [1.29, 1.82) is 0 Å². The van der Waals surface area contributed by atoms with Gasteiger partial charge in [-0.2, -0.15) is 0 Å². The summed E-state index contributed by atoms with van der Waals surface area (Å²) in [6.45, 7) is 9.05. The molecule has 0 aromatic heterocycles. The summed E-state index contributed by atoms with van der Waals surface area (Å²) in [4.78, 5) is 2.22. The Labute approximate surface area is 80.4 Å². The van der Waals surface area contributed by atoms with E-state index in [4.69, 9.17) is 0 Å². The third-order valence-electron chi connectivity index (χ3n) is 2.33. The summed E-state index contributed by atoms with van der Waals surface area (Å²) in [6, 6.07) is 0. The highest BCUT2D eigenvalue weighted by atomic mass is 16.3. The summed E-state index contributed by atoms with van der Waals surface area (Å²) >= 11 is 0. The minimum Gasteiger partial charge on any atom is -0.390 e. The number of rotatable bonds is 1. The van der Waals surface area contributed by atoms with Crippen LogP contribution in [0.2, 0.25) is 0 Å². The highest BCUT2D eigenvalue weighted by Crippen LogP contribution is 2.19. The first-order valence-corrected chi connectivity index (χ1v) is 4.97. The number of aliphatic hydroxyl groups excluding tert-OH is 2. The molecule has 1 heterocycles. The number of hydrogen-bond acceptors (Lipinski definition) is 3. The normalized spacial score (nSPS) is 32.1. The zero-order valence-electron chi connectivity index (χ0n) is 8.82. The lowest BCUT2D eigenvalue weighted by Gasteiger charge is -2.37. The lowest BCUT2D eigenvalue weighted by Crippen LogP contribution is -2.48. The van der Waals surface area contributed by atoms with Gasteiger partial charge in [0.1, 0.15) is 0 Å². The molecule has 0 bridgehead atoms. The van der Waals surface area contributed by atoms with Gasteiger partial charge in [-0.05, 0) is 11.8 Å². The van der Waals surface area contributed by atoms with E-state index in [1.54, 1.807) is 0 Å². The van der Waals surface area contributed by atoms with Crippen LogP contribution in [0, 0.1) is 5.41 Å². The lowest BCUT2D eigenvalue weighted by atomic mass is 9.94. The molecule has 0 radical (unpaired) electrons. The van der Waals surface area contributed by atoms with Crippen LogP contribution in [0.1, 0.15) is 27.2 Å². The predicted molar refractivity (Wildman–Crippen MR) is 52.5 cm³/mol. The van der Waals surface area contributed by atoms with Crippen LogP contribution in [-0.2, 0) is 0 Å². The third-order valence-corrected chi connectivity index (χ3v) is 2.33. The van der Waals surface area contributed by atoms with Crippen molar-refractivity contribution < 1.29 is 10.2 Å². The molecule has 0 saturated carbocycles. The van der Waals surface area contributed by atoms with Crippen molar-refractivity contribution in [2.45, 2.75) is 39.4 Å². The second-order valence-corrected chi connectivity index (χ2v) is 5.22. The van der Waals surface area contributed by atoms with Crippen molar-refractivity contribution in [3.8, 4) is 0 Å². The van der Waals surface area contributed by atoms with Gasteiger partial charge >= 0.3 is 0 Å². The summed E-state index contributed by atoms with van der Waals surface area (Å²) in [5.74, 6) is 0. The van der Waals surface area contributed by atoms with Gasteiger partial charge in [0.15, 0.2) is 0 Å². The molecule has 0 aromatic carbocycles. The molecule has 0 aliphatic carbocycles. The Morgan fingerprint density at radius 3 is 2.31 bits per heavy atom. The molecule has 78 valence electrons. The van der Waals surface area contributed by atoms with Gasteiger partial charge in [0, 0.05) is 19.6 Å². The Balaban J connectivity index is 2.38. The average Bonchev–Trinajstić information content (AvgIpc) is 1.94. The third kappa shape index (κ3) is 3.63. The number of likely N-dealkylation sites (tertiary alicyclic amines) is 1. The van der Waals surface area contributed by atoms with Crippen molar-refractivity contribution in [1.82, 2.24) is 4.90 Å². The minimum absolute atomic E-state index is 0.266. The van der Waals surface area contributed by atoms with E-state index in [1.165, 1.54) is 0 Å². The maximum absolute atomic E-state index is 9.45. The Bertz CT molecular complexity index is 165. The topological polar surface area (TPSA) is 43.7 Å². The molecule has 3 nitrogen and oxygen atoms in total. The zero-order valence-corrected chi connectivity index (χ0v) is 8.82. The number of nitrogens with zero attached hydrogens (tertiary/aromatic N) is 1. The van der Waals surface area contributed by atoms with Crippen molar-refractivity contribution >= 4 is 0 Å². The van der Waals surface area contributed by atoms with Gasteiger partial charge in [-0.3, -0.25) is 0 Å². The molecule has 0 spiro atoms. The van der Waals surface area contributed by atoms with Crippen LogP contribution in [-0.4, -0.2) is 47.0 Å². The largest absolute Gasteiger partial charge is 0.390 e. The van der Waals surface area contributed by atoms with E-state index in [-0.39, 0.29) is 5.41 Å². The minimum atomic E-state index is -0.559. The molecule has 0 amide bonds. The first kappa shape index (κ1) is 11.0. The first-order valence-electron chi connectivity index (χ1n) is 4.97.